The highest BCUT2D eigenvalue weighted by Gasteiger charge is 2.31. The maximum Gasteiger partial charge on any atom is 0.266 e. The molecule has 0 aliphatic carbocycles. The molecule has 8 heteroatoms. The van der Waals surface area contributed by atoms with Gasteiger partial charge in [0.25, 0.3) is 5.91 Å². The van der Waals surface area contributed by atoms with Crippen LogP contribution >= 0.6 is 35.3 Å². The van der Waals surface area contributed by atoms with Crippen LogP contribution in [0.15, 0.2) is 28.5 Å². The number of carbonyl (C=O) groups excluding carboxylic acids is 2. The lowest BCUT2D eigenvalue weighted by Crippen LogP contribution is -2.27. The van der Waals surface area contributed by atoms with Crippen molar-refractivity contribution in [2.75, 3.05) is 11.4 Å². The quantitative estimate of drug-likeness (QED) is 0.535. The lowest BCUT2D eigenvalue weighted by atomic mass is 10.1. The summed E-state index contributed by atoms with van der Waals surface area (Å²) in [5.74, 6) is -0.203. The topological polar surface area (TPSA) is 53.5 Å². The zero-order chi connectivity index (χ0) is 19.7. The van der Waals surface area contributed by atoms with Crippen molar-refractivity contribution in [3.8, 4) is 0 Å². The number of aryl methyl sites for hydroxylation is 2. The number of benzene rings is 1. The SMILES string of the molecule is CCN1C(=O)/C(=C\c2csc(N(C(C)=O)c3c(C)cccc3C)n2)SC1=S. The molecule has 0 unspecified atom stereocenters. The number of aromatic nitrogens is 1. The number of anilines is 2. The number of rotatable bonds is 4. The number of para-hydroxylation sites is 1. The standard InChI is InChI=1S/C19H19N3O2S3/c1-5-21-17(24)15(27-19(21)25)9-14-10-26-18(20-14)22(13(4)23)16-11(2)7-6-8-12(16)3/h6-10H,5H2,1-4H3/b15-9+. The van der Waals surface area contributed by atoms with Crippen molar-refractivity contribution in [1.82, 2.24) is 9.88 Å². The van der Waals surface area contributed by atoms with Crippen molar-refractivity contribution in [2.24, 2.45) is 0 Å². The molecule has 0 radical (unpaired) electrons. The van der Waals surface area contributed by atoms with E-state index in [9.17, 15) is 9.59 Å². The molecule has 0 N–H and O–H groups in total. The smallest absolute Gasteiger partial charge is 0.266 e. The summed E-state index contributed by atoms with van der Waals surface area (Å²) >= 11 is 7.89. The number of hydrogen-bond donors (Lipinski definition) is 0. The molecular weight excluding hydrogens is 398 g/mol. The van der Waals surface area contributed by atoms with Crippen LogP contribution in [0.25, 0.3) is 6.08 Å². The van der Waals surface area contributed by atoms with Gasteiger partial charge in [0.2, 0.25) is 5.91 Å². The van der Waals surface area contributed by atoms with Gasteiger partial charge in [-0.25, -0.2) is 4.98 Å². The molecule has 1 saturated heterocycles. The molecule has 0 bridgehead atoms. The van der Waals surface area contributed by atoms with Gasteiger partial charge in [0.1, 0.15) is 4.32 Å². The molecular formula is C19H19N3O2S3. The molecule has 1 aromatic heterocycles. The molecule has 27 heavy (non-hydrogen) atoms. The Labute approximate surface area is 172 Å². The fraction of sp³-hybridized carbons (Fsp3) is 0.263. The molecule has 0 saturated carbocycles. The largest absolute Gasteiger partial charge is 0.293 e. The van der Waals surface area contributed by atoms with Crippen LogP contribution in [-0.2, 0) is 9.59 Å². The van der Waals surface area contributed by atoms with E-state index in [1.807, 2.05) is 44.4 Å². The van der Waals surface area contributed by atoms with Crippen molar-refractivity contribution < 1.29 is 9.59 Å². The van der Waals surface area contributed by atoms with Crippen molar-refractivity contribution in [2.45, 2.75) is 27.7 Å². The minimum absolute atomic E-state index is 0.0970. The number of amides is 2. The summed E-state index contributed by atoms with van der Waals surface area (Å²) in [4.78, 5) is 33.1. The predicted octanol–water partition coefficient (Wildman–Crippen LogP) is 4.67. The first-order valence-electron chi connectivity index (χ1n) is 8.41. The molecule has 1 aromatic carbocycles. The normalized spacial score (nSPS) is 15.7. The summed E-state index contributed by atoms with van der Waals surface area (Å²) in [6, 6.07) is 5.92. The van der Waals surface area contributed by atoms with E-state index in [-0.39, 0.29) is 11.8 Å². The molecule has 5 nitrogen and oxygen atoms in total. The fourth-order valence-electron chi connectivity index (χ4n) is 2.90. The molecule has 0 atom stereocenters. The Kier molecular flexibility index (Phi) is 5.78. The Morgan fingerprint density at radius 3 is 2.56 bits per heavy atom. The Morgan fingerprint density at radius 1 is 1.33 bits per heavy atom. The first kappa shape index (κ1) is 19.7. The van der Waals surface area contributed by atoms with Gasteiger partial charge in [0, 0.05) is 18.8 Å². The summed E-state index contributed by atoms with van der Waals surface area (Å²) in [5.41, 5.74) is 3.50. The van der Waals surface area contributed by atoms with E-state index in [1.165, 1.54) is 30.0 Å². The van der Waals surface area contributed by atoms with Gasteiger partial charge in [-0.3, -0.25) is 19.4 Å². The van der Waals surface area contributed by atoms with Gasteiger partial charge in [0.15, 0.2) is 5.13 Å². The van der Waals surface area contributed by atoms with Crippen LogP contribution in [0, 0.1) is 13.8 Å². The minimum Gasteiger partial charge on any atom is -0.293 e. The number of thiocarbonyl (C=S) groups is 1. The average Bonchev–Trinajstić information content (AvgIpc) is 3.15. The zero-order valence-electron chi connectivity index (χ0n) is 15.5. The summed E-state index contributed by atoms with van der Waals surface area (Å²) in [6.07, 6.45) is 1.73. The molecule has 140 valence electrons. The van der Waals surface area contributed by atoms with Gasteiger partial charge in [-0.2, -0.15) is 0 Å². The van der Waals surface area contributed by atoms with E-state index in [1.54, 1.807) is 15.9 Å². The Hall–Kier alpha value is -2.03. The maximum absolute atomic E-state index is 12.4. The second-order valence-electron chi connectivity index (χ2n) is 6.08. The first-order valence-corrected chi connectivity index (χ1v) is 10.5. The van der Waals surface area contributed by atoms with Crippen molar-refractivity contribution in [3.63, 3.8) is 0 Å². The van der Waals surface area contributed by atoms with Crippen LogP contribution in [0.1, 0.15) is 30.7 Å². The third-order valence-corrected chi connectivity index (χ3v) is 6.37. The van der Waals surface area contributed by atoms with Crippen LogP contribution in [0.2, 0.25) is 0 Å². The third kappa shape index (κ3) is 3.83. The van der Waals surface area contributed by atoms with E-state index in [0.717, 1.165) is 16.8 Å². The van der Waals surface area contributed by atoms with E-state index in [0.29, 0.717) is 26.6 Å². The van der Waals surface area contributed by atoms with Crippen LogP contribution in [-0.4, -0.2) is 32.6 Å². The van der Waals surface area contributed by atoms with Crippen LogP contribution in [0.4, 0.5) is 10.8 Å². The lowest BCUT2D eigenvalue weighted by Gasteiger charge is -2.22. The molecule has 1 aliphatic heterocycles. The zero-order valence-corrected chi connectivity index (χ0v) is 17.9. The number of likely N-dealkylation sites (N-methyl/N-ethyl adjacent to an activating group) is 1. The number of nitrogens with zero attached hydrogens (tertiary/aromatic N) is 3. The fourth-order valence-corrected chi connectivity index (χ4v) is 5.10. The average molecular weight is 418 g/mol. The van der Waals surface area contributed by atoms with Crippen molar-refractivity contribution >= 4 is 68.3 Å². The molecule has 2 amide bonds. The minimum atomic E-state index is -0.106. The van der Waals surface area contributed by atoms with E-state index < -0.39 is 0 Å². The molecule has 1 aliphatic rings. The molecule has 2 aromatic rings. The Bertz CT molecular complexity index is 945. The highest BCUT2D eigenvalue weighted by Crippen LogP contribution is 2.36. The Morgan fingerprint density at radius 2 is 2.00 bits per heavy atom. The molecule has 0 spiro atoms. The maximum atomic E-state index is 12.4. The van der Waals surface area contributed by atoms with Gasteiger partial charge in [-0.1, -0.05) is 42.2 Å². The van der Waals surface area contributed by atoms with E-state index >= 15 is 0 Å². The Balaban J connectivity index is 1.97. The highest BCUT2D eigenvalue weighted by atomic mass is 32.2. The van der Waals surface area contributed by atoms with Crippen molar-refractivity contribution in [1.29, 1.82) is 0 Å². The van der Waals surface area contributed by atoms with Gasteiger partial charge in [-0.15, -0.1) is 11.3 Å². The third-order valence-electron chi connectivity index (χ3n) is 4.15. The highest BCUT2D eigenvalue weighted by molar-refractivity contribution is 8.26. The van der Waals surface area contributed by atoms with Crippen LogP contribution < -0.4 is 4.90 Å². The summed E-state index contributed by atoms with van der Waals surface area (Å²) < 4.78 is 0.560. The van der Waals surface area contributed by atoms with Crippen LogP contribution in [0.3, 0.4) is 0 Å². The second-order valence-corrected chi connectivity index (χ2v) is 8.59. The number of thioether (sulfide) groups is 1. The van der Waals surface area contributed by atoms with Gasteiger partial charge in [-0.05, 0) is 38.0 Å². The van der Waals surface area contributed by atoms with Gasteiger partial charge >= 0.3 is 0 Å². The monoisotopic (exact) mass is 417 g/mol. The van der Waals surface area contributed by atoms with E-state index in [4.69, 9.17) is 12.2 Å². The van der Waals surface area contributed by atoms with Crippen molar-refractivity contribution in [3.05, 3.63) is 45.3 Å². The summed E-state index contributed by atoms with van der Waals surface area (Å²) in [5, 5.41) is 2.43. The van der Waals surface area contributed by atoms with Gasteiger partial charge < -0.3 is 0 Å². The lowest BCUT2D eigenvalue weighted by molar-refractivity contribution is -0.122. The number of carbonyl (C=O) groups is 2. The van der Waals surface area contributed by atoms with Crippen LogP contribution in [0.5, 0.6) is 0 Å². The van der Waals surface area contributed by atoms with E-state index in [2.05, 4.69) is 4.98 Å². The molecule has 2 heterocycles. The predicted molar refractivity (Wildman–Crippen MR) is 116 cm³/mol. The number of hydrogen-bond acceptors (Lipinski definition) is 6. The first-order chi connectivity index (χ1) is 12.8. The summed E-state index contributed by atoms with van der Waals surface area (Å²) in [6.45, 7) is 7.92. The second kappa shape index (κ2) is 7.92. The molecule has 3 rings (SSSR count). The summed E-state index contributed by atoms with van der Waals surface area (Å²) in [7, 11) is 0. The number of thiazole rings is 1. The van der Waals surface area contributed by atoms with Gasteiger partial charge in [0.05, 0.1) is 16.3 Å². The molecule has 1 fully saturated rings.